The zero-order valence-electron chi connectivity index (χ0n) is 20.3. The van der Waals surface area contributed by atoms with Gasteiger partial charge in [0.2, 0.25) is 20.0 Å². The minimum Gasteiger partial charge on any atom is -0.379 e. The molecule has 2 heterocycles. The second-order valence-electron chi connectivity index (χ2n) is 8.92. The summed E-state index contributed by atoms with van der Waals surface area (Å²) in [5.41, 5.74) is 0.968. The summed E-state index contributed by atoms with van der Waals surface area (Å²) in [4.78, 5) is 12.9. The third-order valence-corrected chi connectivity index (χ3v) is 9.87. The van der Waals surface area contributed by atoms with E-state index < -0.39 is 20.0 Å². The lowest BCUT2D eigenvalue weighted by atomic mass is 10.1. The van der Waals surface area contributed by atoms with Crippen molar-refractivity contribution in [2.24, 2.45) is 0 Å². The van der Waals surface area contributed by atoms with Crippen molar-refractivity contribution >= 4 is 31.5 Å². The largest absolute Gasteiger partial charge is 0.379 e. The van der Waals surface area contributed by atoms with Crippen LogP contribution in [-0.2, 0) is 29.5 Å². The molecule has 2 fully saturated rings. The van der Waals surface area contributed by atoms with Crippen LogP contribution in [0.2, 0.25) is 0 Å². The first-order chi connectivity index (χ1) is 17.1. The molecule has 196 valence electrons. The zero-order chi connectivity index (χ0) is 25.9. The van der Waals surface area contributed by atoms with E-state index in [4.69, 9.17) is 9.47 Å². The smallest absolute Gasteiger partial charge is 0.243 e. The van der Waals surface area contributed by atoms with E-state index in [0.29, 0.717) is 50.6 Å². The summed E-state index contributed by atoms with van der Waals surface area (Å²) in [6, 6.07) is 12.1. The molecule has 1 N–H and O–H groups in total. The molecule has 2 aliphatic rings. The number of ether oxygens (including phenoxy) is 2. The van der Waals surface area contributed by atoms with Crippen molar-refractivity contribution in [1.29, 1.82) is 0 Å². The van der Waals surface area contributed by atoms with E-state index in [9.17, 15) is 21.6 Å². The van der Waals surface area contributed by atoms with Crippen LogP contribution in [0.5, 0.6) is 0 Å². The first-order valence-electron chi connectivity index (χ1n) is 11.8. The van der Waals surface area contributed by atoms with Crippen LogP contribution >= 0.6 is 0 Å². The SMILES string of the molecule is CC1CN(S(=O)(=O)c2ccc(NCC(=O)c3ccc(S(=O)(=O)N4CCOCC4)cc3)cc2)CC(C)O1. The van der Waals surface area contributed by atoms with E-state index in [-0.39, 0.29) is 34.3 Å². The molecule has 12 heteroatoms. The monoisotopic (exact) mass is 537 g/mol. The van der Waals surface area contributed by atoms with Gasteiger partial charge in [0, 0.05) is 37.4 Å². The minimum absolute atomic E-state index is 0.0276. The third-order valence-electron chi connectivity index (χ3n) is 6.12. The summed E-state index contributed by atoms with van der Waals surface area (Å²) in [6.45, 7) is 5.59. The van der Waals surface area contributed by atoms with Gasteiger partial charge in [-0.1, -0.05) is 0 Å². The van der Waals surface area contributed by atoms with Gasteiger partial charge in [0.05, 0.1) is 41.8 Å². The van der Waals surface area contributed by atoms with E-state index in [1.54, 1.807) is 12.1 Å². The summed E-state index contributed by atoms with van der Waals surface area (Å²) in [5, 5.41) is 2.99. The molecule has 2 aliphatic heterocycles. The highest BCUT2D eigenvalue weighted by molar-refractivity contribution is 7.89. The number of nitrogens with one attached hydrogen (secondary N) is 1. The number of anilines is 1. The predicted octanol–water partition coefficient (Wildman–Crippen LogP) is 1.80. The van der Waals surface area contributed by atoms with E-state index in [0.717, 1.165) is 0 Å². The lowest BCUT2D eigenvalue weighted by Gasteiger charge is -2.34. The first kappa shape index (κ1) is 26.7. The number of Topliss-reactive ketones (excluding diaryl/α,β-unsaturated/α-hetero) is 1. The summed E-state index contributed by atoms with van der Waals surface area (Å²) in [5.74, 6) is -0.224. The molecule has 0 saturated carbocycles. The molecule has 2 aromatic carbocycles. The standard InChI is InChI=1S/C24H31N3O7S2/c1-18-16-27(17-19(2)34-18)36(31,32)23-9-5-21(6-10-23)25-15-24(28)20-3-7-22(8-4-20)35(29,30)26-11-13-33-14-12-26/h3-10,18-19,25H,11-17H2,1-2H3. The van der Waals surface area contributed by atoms with Crippen LogP contribution in [0.25, 0.3) is 0 Å². The summed E-state index contributed by atoms with van der Waals surface area (Å²) in [7, 11) is -7.27. The van der Waals surface area contributed by atoms with Gasteiger partial charge in [-0.2, -0.15) is 8.61 Å². The molecule has 2 saturated heterocycles. The number of morpholine rings is 2. The number of hydrogen-bond acceptors (Lipinski definition) is 8. The van der Waals surface area contributed by atoms with Crippen molar-refractivity contribution in [1.82, 2.24) is 8.61 Å². The molecule has 0 bridgehead atoms. The molecule has 0 spiro atoms. The highest BCUT2D eigenvalue weighted by Crippen LogP contribution is 2.23. The molecule has 2 aromatic rings. The fourth-order valence-electron chi connectivity index (χ4n) is 4.25. The Bertz CT molecular complexity index is 1260. The second-order valence-corrected chi connectivity index (χ2v) is 12.8. The van der Waals surface area contributed by atoms with Crippen LogP contribution in [0.15, 0.2) is 58.3 Å². The number of ketones is 1. The Morgan fingerprint density at radius 1 is 0.833 bits per heavy atom. The number of carbonyl (C=O) groups is 1. The van der Waals surface area contributed by atoms with Crippen LogP contribution in [0.4, 0.5) is 5.69 Å². The fraction of sp³-hybridized carbons (Fsp3) is 0.458. The van der Waals surface area contributed by atoms with Crippen molar-refractivity contribution < 1.29 is 31.1 Å². The lowest BCUT2D eigenvalue weighted by molar-refractivity contribution is -0.0440. The van der Waals surface area contributed by atoms with Crippen LogP contribution in [-0.4, -0.2) is 89.4 Å². The number of hydrogen-bond donors (Lipinski definition) is 1. The van der Waals surface area contributed by atoms with Gasteiger partial charge in [-0.25, -0.2) is 16.8 Å². The maximum absolute atomic E-state index is 13.0. The number of rotatable bonds is 8. The van der Waals surface area contributed by atoms with Crippen molar-refractivity contribution in [3.8, 4) is 0 Å². The van der Waals surface area contributed by atoms with Gasteiger partial charge in [0.1, 0.15) is 0 Å². The van der Waals surface area contributed by atoms with Crippen LogP contribution in [0.1, 0.15) is 24.2 Å². The van der Waals surface area contributed by atoms with Gasteiger partial charge in [-0.3, -0.25) is 4.79 Å². The summed E-state index contributed by atoms with van der Waals surface area (Å²) >= 11 is 0. The Labute approximate surface area is 212 Å². The molecule has 36 heavy (non-hydrogen) atoms. The molecule has 10 nitrogen and oxygen atoms in total. The molecule has 0 radical (unpaired) electrons. The predicted molar refractivity (Wildman–Crippen MR) is 134 cm³/mol. The minimum atomic E-state index is -3.64. The van der Waals surface area contributed by atoms with Gasteiger partial charge >= 0.3 is 0 Å². The quantitative estimate of drug-likeness (QED) is 0.506. The van der Waals surface area contributed by atoms with Crippen LogP contribution in [0, 0.1) is 0 Å². The number of nitrogens with zero attached hydrogens (tertiary/aromatic N) is 2. The average molecular weight is 538 g/mol. The van der Waals surface area contributed by atoms with Crippen molar-refractivity contribution in [3.05, 3.63) is 54.1 Å². The van der Waals surface area contributed by atoms with Gasteiger partial charge in [-0.05, 0) is 62.4 Å². The van der Waals surface area contributed by atoms with E-state index in [1.807, 2.05) is 13.8 Å². The van der Waals surface area contributed by atoms with Crippen molar-refractivity contribution in [2.45, 2.75) is 35.8 Å². The number of carbonyl (C=O) groups excluding carboxylic acids is 1. The van der Waals surface area contributed by atoms with Crippen LogP contribution in [0.3, 0.4) is 0 Å². The average Bonchev–Trinajstić information content (AvgIpc) is 2.87. The Morgan fingerprint density at radius 2 is 1.33 bits per heavy atom. The topological polar surface area (TPSA) is 122 Å². The normalized spacial score (nSPS) is 22.3. The number of sulfonamides is 2. The molecule has 4 rings (SSSR count). The molecule has 0 aromatic heterocycles. The Balaban J connectivity index is 1.36. The first-order valence-corrected chi connectivity index (χ1v) is 14.7. The van der Waals surface area contributed by atoms with Gasteiger partial charge < -0.3 is 14.8 Å². The Hall–Kier alpha value is -2.35. The highest BCUT2D eigenvalue weighted by atomic mass is 32.2. The fourth-order valence-corrected chi connectivity index (χ4v) is 7.25. The maximum Gasteiger partial charge on any atom is 0.243 e. The zero-order valence-corrected chi connectivity index (χ0v) is 21.9. The lowest BCUT2D eigenvalue weighted by Crippen LogP contribution is -2.48. The molecule has 0 amide bonds. The Kier molecular flexibility index (Phi) is 8.12. The van der Waals surface area contributed by atoms with Crippen LogP contribution < -0.4 is 5.32 Å². The van der Waals surface area contributed by atoms with Gasteiger partial charge in [0.25, 0.3) is 0 Å². The van der Waals surface area contributed by atoms with E-state index in [1.165, 1.54) is 45.0 Å². The highest BCUT2D eigenvalue weighted by Gasteiger charge is 2.32. The molecule has 2 atom stereocenters. The van der Waals surface area contributed by atoms with Gasteiger partial charge in [0.15, 0.2) is 5.78 Å². The van der Waals surface area contributed by atoms with Crippen molar-refractivity contribution in [3.63, 3.8) is 0 Å². The second kappa shape index (κ2) is 11.0. The molecule has 2 unspecified atom stereocenters. The number of benzene rings is 2. The van der Waals surface area contributed by atoms with Crippen molar-refractivity contribution in [2.75, 3.05) is 51.3 Å². The molecule has 0 aliphatic carbocycles. The summed E-state index contributed by atoms with van der Waals surface area (Å²) in [6.07, 6.45) is -0.354. The molecular weight excluding hydrogens is 506 g/mol. The summed E-state index contributed by atoms with van der Waals surface area (Å²) < 4.78 is 65.1. The van der Waals surface area contributed by atoms with Gasteiger partial charge in [-0.15, -0.1) is 0 Å². The maximum atomic E-state index is 13.0. The van der Waals surface area contributed by atoms with E-state index >= 15 is 0 Å². The molecular formula is C24H31N3O7S2. The third kappa shape index (κ3) is 5.96. The van der Waals surface area contributed by atoms with E-state index in [2.05, 4.69) is 5.32 Å². The Morgan fingerprint density at radius 3 is 1.89 bits per heavy atom.